The number of aromatic nitrogens is 5. The molecule has 0 radical (unpaired) electrons. The zero-order valence-corrected chi connectivity index (χ0v) is 19.0. The van der Waals surface area contributed by atoms with Gasteiger partial charge in [-0.2, -0.15) is 5.21 Å². The van der Waals surface area contributed by atoms with Crippen LogP contribution < -0.4 is 4.74 Å². The third-order valence-corrected chi connectivity index (χ3v) is 6.01. The molecule has 0 aliphatic rings. The van der Waals surface area contributed by atoms with Crippen LogP contribution in [-0.2, 0) is 25.9 Å². The van der Waals surface area contributed by atoms with Crippen LogP contribution in [0.3, 0.4) is 0 Å². The van der Waals surface area contributed by atoms with Crippen molar-refractivity contribution in [1.29, 1.82) is 0 Å². The predicted octanol–water partition coefficient (Wildman–Crippen LogP) is 5.36. The molecule has 34 heavy (non-hydrogen) atoms. The Labute approximate surface area is 199 Å². The normalized spacial score (nSPS) is 12.0. The number of pyridine rings is 1. The maximum absolute atomic E-state index is 6.07. The number of para-hydroxylation sites is 1. The Balaban J connectivity index is 1.21. The second-order valence-electron chi connectivity index (χ2n) is 8.56. The summed E-state index contributed by atoms with van der Waals surface area (Å²) >= 11 is 0. The number of nitrogens with one attached hydrogen (secondary N) is 1. The second-order valence-corrected chi connectivity index (χ2v) is 8.56. The van der Waals surface area contributed by atoms with Crippen molar-refractivity contribution in [2.75, 3.05) is 0 Å². The van der Waals surface area contributed by atoms with Crippen LogP contribution in [0.4, 0.5) is 0 Å². The van der Waals surface area contributed by atoms with E-state index in [1.54, 1.807) is 0 Å². The minimum Gasteiger partial charge on any atom is -0.487 e. The summed E-state index contributed by atoms with van der Waals surface area (Å²) in [6, 6.07) is 31.2. The van der Waals surface area contributed by atoms with Crippen molar-refractivity contribution in [3.05, 3.63) is 114 Å². The molecule has 1 unspecified atom stereocenters. The monoisotopic (exact) mass is 449 g/mol. The number of benzene rings is 3. The Bertz CT molecular complexity index is 1320. The van der Waals surface area contributed by atoms with Crippen LogP contribution in [0.15, 0.2) is 91.0 Å². The van der Waals surface area contributed by atoms with Gasteiger partial charge in [-0.3, -0.25) is 0 Å². The highest BCUT2D eigenvalue weighted by atomic mass is 16.5. The minimum atomic E-state index is 0.423. The van der Waals surface area contributed by atoms with Gasteiger partial charge in [0.05, 0.1) is 11.2 Å². The summed E-state index contributed by atoms with van der Waals surface area (Å²) in [7, 11) is 0. The van der Waals surface area contributed by atoms with E-state index in [0.29, 0.717) is 12.5 Å². The summed E-state index contributed by atoms with van der Waals surface area (Å²) < 4.78 is 6.07. The molecule has 0 aliphatic heterocycles. The van der Waals surface area contributed by atoms with Crippen LogP contribution in [-0.4, -0.2) is 25.6 Å². The summed E-state index contributed by atoms with van der Waals surface area (Å²) in [5.74, 6) is 2.05. The van der Waals surface area contributed by atoms with Crippen LogP contribution in [0, 0.1) is 5.92 Å². The fourth-order valence-corrected chi connectivity index (χ4v) is 4.26. The molecule has 0 spiro atoms. The largest absolute Gasteiger partial charge is 0.487 e. The summed E-state index contributed by atoms with van der Waals surface area (Å²) in [5, 5.41) is 15.8. The van der Waals surface area contributed by atoms with E-state index in [4.69, 9.17) is 9.72 Å². The molecule has 6 nitrogen and oxygen atoms in total. The third kappa shape index (κ3) is 5.84. The first-order chi connectivity index (χ1) is 16.8. The van der Waals surface area contributed by atoms with Gasteiger partial charge in [-0.1, -0.05) is 71.9 Å². The van der Waals surface area contributed by atoms with Crippen LogP contribution in [0.25, 0.3) is 10.9 Å². The molecule has 0 saturated heterocycles. The first-order valence-corrected chi connectivity index (χ1v) is 11.6. The lowest BCUT2D eigenvalue weighted by atomic mass is 9.90. The first-order valence-electron chi connectivity index (χ1n) is 11.6. The molecule has 0 amide bonds. The van der Waals surface area contributed by atoms with Crippen molar-refractivity contribution >= 4 is 10.9 Å². The zero-order valence-electron chi connectivity index (χ0n) is 19.0. The van der Waals surface area contributed by atoms with E-state index < -0.39 is 0 Å². The highest BCUT2D eigenvalue weighted by molar-refractivity contribution is 5.78. The van der Waals surface area contributed by atoms with Crippen LogP contribution in [0.1, 0.15) is 29.1 Å². The Morgan fingerprint density at radius 3 is 2.53 bits per heavy atom. The number of hydrogen-bond donors (Lipinski definition) is 1. The van der Waals surface area contributed by atoms with E-state index in [0.717, 1.165) is 53.9 Å². The maximum atomic E-state index is 6.07. The number of ether oxygens (including phenoxy) is 1. The first kappa shape index (κ1) is 21.8. The number of tetrazole rings is 1. The molecule has 5 rings (SSSR count). The van der Waals surface area contributed by atoms with Gasteiger partial charge >= 0.3 is 0 Å². The molecular weight excluding hydrogens is 422 g/mol. The number of H-pyrrole nitrogens is 1. The average molecular weight is 450 g/mol. The number of hydrogen-bond acceptors (Lipinski definition) is 5. The predicted molar refractivity (Wildman–Crippen MR) is 132 cm³/mol. The number of rotatable bonds is 10. The van der Waals surface area contributed by atoms with Gasteiger partial charge in [-0.05, 0) is 60.6 Å². The SMILES string of the molecule is c1ccc(CC(CCc2cccc(OCc3ccc4ccccc4n3)c2)Cc2nn[nH]n2)cc1. The molecule has 1 atom stereocenters. The number of fused-ring (bicyclic) bond motifs is 1. The number of aryl methyl sites for hydroxylation is 1. The van der Waals surface area contributed by atoms with Crippen LogP contribution in [0.2, 0.25) is 0 Å². The van der Waals surface area contributed by atoms with Crippen molar-refractivity contribution in [2.24, 2.45) is 5.92 Å². The lowest BCUT2D eigenvalue weighted by Gasteiger charge is -2.16. The van der Waals surface area contributed by atoms with E-state index in [1.807, 2.05) is 30.3 Å². The minimum absolute atomic E-state index is 0.423. The lowest BCUT2D eigenvalue weighted by molar-refractivity contribution is 0.301. The Hall–Kier alpha value is -4.06. The number of aromatic amines is 1. The van der Waals surface area contributed by atoms with Crippen molar-refractivity contribution in [1.82, 2.24) is 25.6 Å². The van der Waals surface area contributed by atoms with Crippen LogP contribution in [0.5, 0.6) is 5.75 Å². The quantitative estimate of drug-likeness (QED) is 0.311. The summed E-state index contributed by atoms with van der Waals surface area (Å²) in [5.41, 5.74) is 4.50. The van der Waals surface area contributed by atoms with E-state index in [2.05, 4.69) is 81.3 Å². The molecule has 0 fully saturated rings. The van der Waals surface area contributed by atoms with Crippen molar-refractivity contribution in [3.8, 4) is 5.75 Å². The van der Waals surface area contributed by atoms with E-state index >= 15 is 0 Å². The molecule has 6 heteroatoms. The van der Waals surface area contributed by atoms with Gasteiger partial charge in [0.15, 0.2) is 5.82 Å². The Morgan fingerprint density at radius 1 is 0.794 bits per heavy atom. The Kier molecular flexibility index (Phi) is 6.85. The molecule has 1 N–H and O–H groups in total. The van der Waals surface area contributed by atoms with Gasteiger partial charge < -0.3 is 4.74 Å². The van der Waals surface area contributed by atoms with E-state index in [1.165, 1.54) is 11.1 Å². The highest BCUT2D eigenvalue weighted by Crippen LogP contribution is 2.22. The molecule has 2 aromatic heterocycles. The van der Waals surface area contributed by atoms with E-state index in [9.17, 15) is 0 Å². The maximum Gasteiger partial charge on any atom is 0.174 e. The van der Waals surface area contributed by atoms with Gasteiger partial charge in [0.1, 0.15) is 12.4 Å². The zero-order chi connectivity index (χ0) is 23.0. The van der Waals surface area contributed by atoms with Crippen molar-refractivity contribution < 1.29 is 4.74 Å². The van der Waals surface area contributed by atoms with Gasteiger partial charge in [0.25, 0.3) is 0 Å². The fraction of sp³-hybridized carbons (Fsp3) is 0.214. The second kappa shape index (κ2) is 10.7. The molecule has 0 saturated carbocycles. The van der Waals surface area contributed by atoms with Crippen molar-refractivity contribution in [2.45, 2.75) is 32.3 Å². The van der Waals surface area contributed by atoms with Crippen molar-refractivity contribution in [3.63, 3.8) is 0 Å². The van der Waals surface area contributed by atoms with Gasteiger partial charge in [0.2, 0.25) is 0 Å². The molecule has 5 aromatic rings. The molecule has 3 aromatic carbocycles. The molecular formula is C28H27N5O. The van der Waals surface area contributed by atoms with Gasteiger partial charge in [-0.25, -0.2) is 4.98 Å². The van der Waals surface area contributed by atoms with E-state index in [-0.39, 0.29) is 0 Å². The van der Waals surface area contributed by atoms with Gasteiger partial charge in [-0.15, -0.1) is 10.2 Å². The summed E-state index contributed by atoms with van der Waals surface area (Å²) in [6.07, 6.45) is 3.77. The molecule has 170 valence electrons. The molecule has 0 bridgehead atoms. The smallest absolute Gasteiger partial charge is 0.174 e. The number of nitrogens with zero attached hydrogens (tertiary/aromatic N) is 4. The highest BCUT2D eigenvalue weighted by Gasteiger charge is 2.14. The third-order valence-electron chi connectivity index (χ3n) is 6.01. The van der Waals surface area contributed by atoms with Crippen LogP contribution >= 0.6 is 0 Å². The molecule has 0 aliphatic carbocycles. The topological polar surface area (TPSA) is 76.6 Å². The summed E-state index contributed by atoms with van der Waals surface area (Å²) in [4.78, 5) is 4.70. The van der Waals surface area contributed by atoms with Gasteiger partial charge in [0, 0.05) is 11.8 Å². The average Bonchev–Trinajstić information content (AvgIpc) is 3.40. The standard InChI is InChI=1S/C28H27N5O/c1-2-7-21(8-3-1)17-23(19-28-30-32-33-31-28)14-13-22-9-6-11-26(18-22)34-20-25-16-15-24-10-4-5-12-27(24)29-25/h1-12,15-16,18,23H,13-14,17,19-20H2,(H,30,31,32,33). The summed E-state index contributed by atoms with van der Waals surface area (Å²) in [6.45, 7) is 0.447. The Morgan fingerprint density at radius 2 is 1.65 bits per heavy atom. The molecule has 2 heterocycles. The lowest BCUT2D eigenvalue weighted by Crippen LogP contribution is -2.11. The fourth-order valence-electron chi connectivity index (χ4n) is 4.26.